The number of rotatable bonds is 5. The lowest BCUT2D eigenvalue weighted by Crippen LogP contribution is -2.37. The molecule has 3 aromatic rings. The topological polar surface area (TPSA) is 102 Å². The molecule has 2 aromatic carbocycles. The molecule has 0 aliphatic carbocycles. The molecule has 1 amide bonds. The molecule has 0 spiro atoms. The number of nitrogens with zero attached hydrogens (tertiary/aromatic N) is 3. The van der Waals surface area contributed by atoms with E-state index in [4.69, 9.17) is 9.47 Å². The molecule has 0 aliphatic heterocycles. The van der Waals surface area contributed by atoms with Gasteiger partial charge in [0.15, 0.2) is 0 Å². The maximum absolute atomic E-state index is 13.0. The summed E-state index contributed by atoms with van der Waals surface area (Å²) in [5.74, 6) is -0.722. The summed E-state index contributed by atoms with van der Waals surface area (Å²) in [6.07, 6.45) is 2.51. The molecule has 8 nitrogen and oxygen atoms in total. The molecule has 0 aliphatic rings. The van der Waals surface area contributed by atoms with Gasteiger partial charge in [-0.3, -0.25) is 0 Å². The van der Waals surface area contributed by atoms with Gasteiger partial charge in [-0.2, -0.15) is 0 Å². The summed E-state index contributed by atoms with van der Waals surface area (Å²) in [5.41, 5.74) is 2.45. The van der Waals surface area contributed by atoms with E-state index in [1.165, 1.54) is 30.5 Å². The molecule has 34 heavy (non-hydrogen) atoms. The monoisotopic (exact) mass is 527 g/mol. The molecule has 0 saturated heterocycles. The number of ether oxygens (including phenoxy) is 2. The van der Waals surface area contributed by atoms with E-state index in [0.29, 0.717) is 15.6 Å². The number of amides is 1. The number of methoxy groups -OCH3 is 1. The first-order valence-corrected chi connectivity index (χ1v) is 11.3. The molecule has 1 heterocycles. The van der Waals surface area contributed by atoms with Crippen LogP contribution in [0.25, 0.3) is 11.1 Å². The maximum atomic E-state index is 13.0. The highest BCUT2D eigenvalue weighted by Gasteiger charge is 2.26. The second kappa shape index (κ2) is 10.2. The largest absolute Gasteiger partial charge is 0.506 e. The number of halogens is 1. The predicted molar refractivity (Wildman–Crippen MR) is 132 cm³/mol. The van der Waals surface area contributed by atoms with Crippen LogP contribution in [0.15, 0.2) is 53.3 Å². The Bertz CT molecular complexity index is 1210. The van der Waals surface area contributed by atoms with Crippen LogP contribution in [0.2, 0.25) is 0 Å². The number of benzene rings is 2. The fraction of sp³-hybridized carbons (Fsp3) is 0.280. The fourth-order valence-corrected chi connectivity index (χ4v) is 3.63. The van der Waals surface area contributed by atoms with Gasteiger partial charge < -0.3 is 14.6 Å². The number of anilines is 1. The van der Waals surface area contributed by atoms with E-state index in [0.717, 1.165) is 11.1 Å². The summed E-state index contributed by atoms with van der Waals surface area (Å²) in [4.78, 5) is 35.1. The van der Waals surface area contributed by atoms with Crippen molar-refractivity contribution in [2.24, 2.45) is 0 Å². The number of hydrogen-bond acceptors (Lipinski definition) is 7. The predicted octanol–water partition coefficient (Wildman–Crippen LogP) is 5.65. The maximum Gasteiger partial charge on any atom is 0.417 e. The molecular weight excluding hydrogens is 502 g/mol. The third-order valence-electron chi connectivity index (χ3n) is 4.72. The van der Waals surface area contributed by atoms with E-state index in [2.05, 4.69) is 25.9 Å². The van der Waals surface area contributed by atoms with Crippen LogP contribution in [0.5, 0.6) is 5.75 Å². The van der Waals surface area contributed by atoms with Crippen molar-refractivity contribution in [2.75, 3.05) is 12.0 Å². The van der Waals surface area contributed by atoms with Crippen molar-refractivity contribution in [2.45, 2.75) is 39.8 Å². The van der Waals surface area contributed by atoms with Gasteiger partial charge in [-0.15, -0.1) is 0 Å². The summed E-state index contributed by atoms with van der Waals surface area (Å²) in [7, 11) is 1.24. The van der Waals surface area contributed by atoms with Crippen LogP contribution in [0.3, 0.4) is 0 Å². The van der Waals surface area contributed by atoms with Crippen molar-refractivity contribution in [1.29, 1.82) is 0 Å². The Morgan fingerprint density at radius 1 is 1.09 bits per heavy atom. The number of aromatic nitrogens is 2. The van der Waals surface area contributed by atoms with E-state index >= 15 is 0 Å². The molecule has 0 unspecified atom stereocenters. The number of carbonyl (C=O) groups excluding carboxylic acids is 2. The SMILES string of the molecule is COC(=O)c1cc(-c2cnc(N(Cc3cccc(C)c3)C(=O)OC(C)(C)C)nc2)cc(Br)c1O. The summed E-state index contributed by atoms with van der Waals surface area (Å²) in [6, 6.07) is 10.9. The summed E-state index contributed by atoms with van der Waals surface area (Å²) < 4.78 is 10.6. The van der Waals surface area contributed by atoms with E-state index in [-0.39, 0.29) is 23.8 Å². The summed E-state index contributed by atoms with van der Waals surface area (Å²) in [5, 5.41) is 10.2. The Morgan fingerprint density at radius 2 is 1.76 bits per heavy atom. The van der Waals surface area contributed by atoms with Crippen LogP contribution < -0.4 is 4.90 Å². The first-order valence-electron chi connectivity index (χ1n) is 10.5. The van der Waals surface area contributed by atoms with Crippen LogP contribution >= 0.6 is 15.9 Å². The van der Waals surface area contributed by atoms with Crippen LogP contribution in [0, 0.1) is 6.92 Å². The molecule has 9 heteroatoms. The minimum Gasteiger partial charge on any atom is -0.506 e. The van der Waals surface area contributed by atoms with Gasteiger partial charge in [0, 0.05) is 18.0 Å². The Morgan fingerprint density at radius 3 is 2.35 bits per heavy atom. The first kappa shape index (κ1) is 25.2. The molecule has 0 saturated carbocycles. The molecule has 3 rings (SSSR count). The third kappa shape index (κ3) is 6.11. The Labute approximate surface area is 206 Å². The average molecular weight is 528 g/mol. The second-order valence-corrected chi connectivity index (χ2v) is 9.53. The number of carbonyl (C=O) groups is 2. The molecule has 0 radical (unpaired) electrons. The molecule has 0 fully saturated rings. The van der Waals surface area contributed by atoms with Crippen molar-refractivity contribution in [3.05, 3.63) is 70.0 Å². The number of phenols is 1. The second-order valence-electron chi connectivity index (χ2n) is 8.67. The van der Waals surface area contributed by atoms with Crippen molar-refractivity contribution in [3.63, 3.8) is 0 Å². The molecule has 1 aromatic heterocycles. The number of phenolic OH excluding ortho intramolecular Hbond substituents is 1. The van der Waals surface area contributed by atoms with E-state index < -0.39 is 17.7 Å². The lowest BCUT2D eigenvalue weighted by Gasteiger charge is -2.26. The highest BCUT2D eigenvalue weighted by atomic mass is 79.9. The van der Waals surface area contributed by atoms with E-state index in [9.17, 15) is 14.7 Å². The zero-order valence-corrected chi connectivity index (χ0v) is 21.2. The minimum absolute atomic E-state index is 0.00535. The lowest BCUT2D eigenvalue weighted by atomic mass is 10.0. The zero-order chi connectivity index (χ0) is 25.0. The Hall–Kier alpha value is -3.46. The van der Waals surface area contributed by atoms with Crippen LogP contribution in [0.1, 0.15) is 42.3 Å². The van der Waals surface area contributed by atoms with E-state index in [1.807, 2.05) is 31.2 Å². The number of aryl methyl sites for hydroxylation is 1. The van der Waals surface area contributed by atoms with Crippen molar-refractivity contribution in [3.8, 4) is 16.9 Å². The normalized spacial score (nSPS) is 11.1. The highest BCUT2D eigenvalue weighted by Crippen LogP contribution is 2.34. The number of hydrogen-bond donors (Lipinski definition) is 1. The molecular formula is C25H26BrN3O5. The van der Waals surface area contributed by atoms with Crippen molar-refractivity contribution >= 4 is 33.9 Å². The lowest BCUT2D eigenvalue weighted by molar-refractivity contribution is 0.0571. The Kier molecular flexibility index (Phi) is 7.56. The van der Waals surface area contributed by atoms with Crippen LogP contribution in [-0.2, 0) is 16.0 Å². The standard InChI is InChI=1S/C25H26BrN3O5/c1-15-7-6-8-16(9-15)14-29(24(32)34-25(2,3)4)23-27-12-18(13-28-23)17-10-19(22(31)33-5)21(30)20(26)11-17/h6-13,30H,14H2,1-5H3. The Balaban J connectivity index is 1.97. The van der Waals surface area contributed by atoms with Gasteiger partial charge in [-0.25, -0.2) is 24.5 Å². The van der Waals surface area contributed by atoms with Crippen molar-refractivity contribution < 1.29 is 24.2 Å². The van der Waals surface area contributed by atoms with Crippen LogP contribution in [0.4, 0.5) is 10.7 Å². The summed E-state index contributed by atoms with van der Waals surface area (Å²) in [6.45, 7) is 7.59. The quantitative estimate of drug-likeness (QED) is 0.427. The van der Waals surface area contributed by atoms with Gasteiger partial charge in [0.25, 0.3) is 0 Å². The number of aromatic hydroxyl groups is 1. The third-order valence-corrected chi connectivity index (χ3v) is 5.32. The van der Waals surface area contributed by atoms with Crippen molar-refractivity contribution in [1.82, 2.24) is 9.97 Å². The van der Waals surface area contributed by atoms with Gasteiger partial charge in [-0.05, 0) is 66.9 Å². The van der Waals surface area contributed by atoms with E-state index in [1.54, 1.807) is 26.8 Å². The molecule has 0 atom stereocenters. The van der Waals surface area contributed by atoms with Crippen LogP contribution in [-0.4, -0.2) is 39.8 Å². The molecule has 1 N–H and O–H groups in total. The van der Waals surface area contributed by atoms with Gasteiger partial charge in [0.05, 0.1) is 18.1 Å². The van der Waals surface area contributed by atoms with Gasteiger partial charge >= 0.3 is 12.1 Å². The summed E-state index contributed by atoms with van der Waals surface area (Å²) >= 11 is 3.25. The smallest absolute Gasteiger partial charge is 0.417 e. The highest BCUT2D eigenvalue weighted by molar-refractivity contribution is 9.10. The van der Waals surface area contributed by atoms with Gasteiger partial charge in [0.1, 0.15) is 16.9 Å². The first-order chi connectivity index (χ1) is 16.0. The number of esters is 1. The average Bonchev–Trinajstić information content (AvgIpc) is 2.77. The van der Waals surface area contributed by atoms with Gasteiger partial charge in [-0.1, -0.05) is 29.8 Å². The minimum atomic E-state index is -0.690. The molecule has 178 valence electrons. The zero-order valence-electron chi connectivity index (χ0n) is 19.6. The molecule has 0 bridgehead atoms. The fourth-order valence-electron chi connectivity index (χ4n) is 3.17. The van der Waals surface area contributed by atoms with Gasteiger partial charge in [0.2, 0.25) is 5.95 Å².